The van der Waals surface area contributed by atoms with Gasteiger partial charge in [-0.2, -0.15) is 0 Å². The zero-order valence-corrected chi connectivity index (χ0v) is 33.7. The Morgan fingerprint density at radius 3 is 2.24 bits per heavy atom. The van der Waals surface area contributed by atoms with E-state index in [4.69, 9.17) is 18.9 Å². The number of benzene rings is 1. The van der Waals surface area contributed by atoms with Crippen LogP contribution in [0.25, 0.3) is 0 Å². The standard InChI is InChI=1S/C37H61IN2O10/c1-12-28-37(8,46)31(42)24(6)40(11)19-20(2)18-36(7,45)32(22(4)29(41)23(5)33(43)48-28)50-35-30(27(39(9)10)17-21(3)47-35)49-34(44)25-13-15-26(38)16-14-25/h13-16,20-24,27-32,35,41-42,45-46H,12,17-19H2,1-11H3/t20-,21?,22+,23-,24-,27?,28-,29+,30?,31-,32-,35?,36+,37-/m1/s1. The Morgan fingerprint density at radius 2 is 1.68 bits per heavy atom. The second kappa shape index (κ2) is 17.6. The molecule has 0 amide bonds. The second-order valence-electron chi connectivity index (χ2n) is 15.5. The van der Waals surface area contributed by atoms with Crippen LogP contribution in [-0.4, -0.2) is 136 Å². The van der Waals surface area contributed by atoms with Crippen molar-refractivity contribution in [2.24, 2.45) is 17.8 Å². The number of hydrogen-bond donors (Lipinski definition) is 4. The predicted molar refractivity (Wildman–Crippen MR) is 197 cm³/mol. The summed E-state index contributed by atoms with van der Waals surface area (Å²) in [5.41, 5.74) is -2.98. The van der Waals surface area contributed by atoms with Gasteiger partial charge in [0.2, 0.25) is 0 Å². The van der Waals surface area contributed by atoms with Gasteiger partial charge in [-0.15, -0.1) is 0 Å². The lowest BCUT2D eigenvalue weighted by Crippen LogP contribution is -2.60. The number of carbonyl (C=O) groups excluding carboxylic acids is 2. The Hall–Kier alpha value is -1.43. The molecule has 2 heterocycles. The van der Waals surface area contributed by atoms with Crippen LogP contribution >= 0.6 is 22.6 Å². The van der Waals surface area contributed by atoms with E-state index >= 15 is 0 Å². The Morgan fingerprint density at radius 1 is 1.08 bits per heavy atom. The van der Waals surface area contributed by atoms with Crippen molar-refractivity contribution in [3.8, 4) is 0 Å². The summed E-state index contributed by atoms with van der Waals surface area (Å²) >= 11 is 2.17. The minimum atomic E-state index is -1.78. The quantitative estimate of drug-likeness (QED) is 0.245. The first-order chi connectivity index (χ1) is 23.1. The number of cyclic esters (lactones) is 1. The predicted octanol–water partition coefficient (Wildman–Crippen LogP) is 3.44. The topological polar surface area (TPSA) is 158 Å². The summed E-state index contributed by atoms with van der Waals surface area (Å²) in [5.74, 6) is -3.39. The summed E-state index contributed by atoms with van der Waals surface area (Å²) in [6.07, 6.45) is -6.10. The third-order valence-corrected chi connectivity index (χ3v) is 11.5. The molecule has 2 aliphatic heterocycles. The highest BCUT2D eigenvalue weighted by Gasteiger charge is 2.50. The minimum Gasteiger partial charge on any atom is -0.459 e. The lowest BCUT2D eigenvalue weighted by atomic mass is 9.78. The van der Waals surface area contributed by atoms with E-state index in [0.717, 1.165) is 3.57 Å². The summed E-state index contributed by atoms with van der Waals surface area (Å²) in [6.45, 7) is 14.2. The lowest BCUT2D eigenvalue weighted by Gasteiger charge is -2.47. The van der Waals surface area contributed by atoms with Crippen LogP contribution in [0.15, 0.2) is 24.3 Å². The van der Waals surface area contributed by atoms with E-state index in [2.05, 4.69) is 22.6 Å². The Balaban J connectivity index is 2.06. The van der Waals surface area contributed by atoms with Gasteiger partial charge in [-0.1, -0.05) is 20.8 Å². The molecule has 0 aromatic heterocycles. The average Bonchev–Trinajstić information content (AvgIpc) is 3.04. The van der Waals surface area contributed by atoms with E-state index in [1.165, 1.54) is 13.8 Å². The number of ether oxygens (including phenoxy) is 4. The minimum absolute atomic E-state index is 0.150. The smallest absolute Gasteiger partial charge is 0.338 e. The van der Waals surface area contributed by atoms with Crippen molar-refractivity contribution < 1.29 is 49.0 Å². The number of aliphatic hydroxyl groups excluding tert-OH is 2. The fourth-order valence-electron chi connectivity index (χ4n) is 7.63. The van der Waals surface area contributed by atoms with Crippen LogP contribution in [0.4, 0.5) is 0 Å². The Kier molecular flexibility index (Phi) is 15.1. The third-order valence-electron chi connectivity index (χ3n) is 10.8. The van der Waals surface area contributed by atoms with Crippen molar-refractivity contribution >= 4 is 34.5 Å². The highest BCUT2D eigenvalue weighted by Crippen LogP contribution is 2.37. The van der Waals surface area contributed by atoms with E-state index in [1.807, 2.05) is 56.9 Å². The summed E-state index contributed by atoms with van der Waals surface area (Å²) in [7, 11) is 5.61. The zero-order chi connectivity index (χ0) is 37.9. The van der Waals surface area contributed by atoms with Gasteiger partial charge >= 0.3 is 11.9 Å². The maximum absolute atomic E-state index is 13.5. The third kappa shape index (κ3) is 10.2. The number of esters is 2. The fourth-order valence-corrected chi connectivity index (χ4v) is 7.99. The summed E-state index contributed by atoms with van der Waals surface area (Å²) in [6, 6.07) is 6.20. The molecule has 13 heteroatoms. The Bertz CT molecular complexity index is 1260. The van der Waals surface area contributed by atoms with Crippen molar-refractivity contribution in [3.05, 3.63) is 33.4 Å². The maximum Gasteiger partial charge on any atom is 0.338 e. The van der Waals surface area contributed by atoms with Gasteiger partial charge in [0.05, 0.1) is 41.4 Å². The molecule has 3 rings (SSSR count). The number of carbonyl (C=O) groups is 2. The molecule has 4 unspecified atom stereocenters. The van der Waals surface area contributed by atoms with Crippen molar-refractivity contribution in [3.63, 3.8) is 0 Å². The number of aliphatic hydroxyl groups is 4. The van der Waals surface area contributed by atoms with Crippen LogP contribution in [-0.2, 0) is 23.7 Å². The molecular weight excluding hydrogens is 759 g/mol. The van der Waals surface area contributed by atoms with Gasteiger partial charge in [0, 0.05) is 22.1 Å². The molecule has 2 saturated heterocycles. The molecule has 14 atom stereocenters. The number of halogens is 1. The van der Waals surface area contributed by atoms with E-state index in [9.17, 15) is 30.0 Å². The summed E-state index contributed by atoms with van der Waals surface area (Å²) in [5, 5.41) is 46.8. The van der Waals surface area contributed by atoms with Crippen molar-refractivity contribution in [2.45, 2.75) is 141 Å². The molecule has 4 N–H and O–H groups in total. The molecule has 0 spiro atoms. The molecule has 0 bridgehead atoms. The van der Waals surface area contributed by atoms with Crippen LogP contribution in [0.5, 0.6) is 0 Å². The van der Waals surface area contributed by atoms with Crippen LogP contribution in [0.3, 0.4) is 0 Å². The first-order valence-corrected chi connectivity index (χ1v) is 18.9. The van der Waals surface area contributed by atoms with E-state index in [0.29, 0.717) is 18.5 Å². The van der Waals surface area contributed by atoms with Crippen LogP contribution in [0.2, 0.25) is 0 Å². The molecule has 0 radical (unpaired) electrons. The Labute approximate surface area is 311 Å². The average molecular weight is 821 g/mol. The van der Waals surface area contributed by atoms with Gasteiger partial charge in [-0.05, 0) is 128 Å². The molecular formula is C37H61IN2O10. The number of hydrogen-bond acceptors (Lipinski definition) is 12. The molecule has 50 heavy (non-hydrogen) atoms. The van der Waals surface area contributed by atoms with Gasteiger partial charge < -0.3 is 49.2 Å². The lowest BCUT2D eigenvalue weighted by molar-refractivity contribution is -0.298. The monoisotopic (exact) mass is 820 g/mol. The van der Waals surface area contributed by atoms with Crippen LogP contribution in [0.1, 0.15) is 85.0 Å². The van der Waals surface area contributed by atoms with Crippen LogP contribution in [0, 0.1) is 21.3 Å². The van der Waals surface area contributed by atoms with Crippen molar-refractivity contribution in [2.75, 3.05) is 27.7 Å². The number of likely N-dealkylation sites (N-methyl/N-ethyl adjacent to an activating group) is 2. The number of rotatable bonds is 6. The molecule has 0 saturated carbocycles. The van der Waals surface area contributed by atoms with Gasteiger partial charge in [-0.3, -0.25) is 4.79 Å². The summed E-state index contributed by atoms with van der Waals surface area (Å²) < 4.78 is 25.9. The van der Waals surface area contributed by atoms with Crippen molar-refractivity contribution in [1.82, 2.24) is 9.80 Å². The largest absolute Gasteiger partial charge is 0.459 e. The molecule has 2 fully saturated rings. The van der Waals surface area contributed by atoms with Gasteiger partial charge in [-0.25, -0.2) is 4.79 Å². The molecule has 2 aliphatic rings. The first kappa shape index (κ1) is 43.0. The number of nitrogens with zero attached hydrogens (tertiary/aromatic N) is 2. The van der Waals surface area contributed by atoms with Gasteiger partial charge in [0.25, 0.3) is 0 Å². The molecule has 1 aromatic rings. The van der Waals surface area contributed by atoms with Gasteiger partial charge in [0.1, 0.15) is 17.8 Å². The summed E-state index contributed by atoms with van der Waals surface area (Å²) in [4.78, 5) is 30.9. The van der Waals surface area contributed by atoms with E-state index in [1.54, 1.807) is 39.8 Å². The molecule has 12 nitrogen and oxygen atoms in total. The highest BCUT2D eigenvalue weighted by molar-refractivity contribution is 14.1. The van der Waals surface area contributed by atoms with Crippen LogP contribution < -0.4 is 0 Å². The second-order valence-corrected chi connectivity index (χ2v) is 16.8. The maximum atomic E-state index is 13.5. The van der Waals surface area contributed by atoms with Gasteiger partial charge in [0.15, 0.2) is 12.4 Å². The SMILES string of the molecule is CC[C@H]1OC(=O)[C@H](C)[C@@H](O)[C@H](C)[C@@H](OC2OC(C)CC(N(C)C)C2OC(=O)c2ccc(I)cc2)[C@@](C)(O)C[C@@H](C)CN(C)[C@H](C)[C@@H](O)[C@]1(C)O. The van der Waals surface area contributed by atoms with Crippen molar-refractivity contribution in [1.29, 1.82) is 0 Å². The highest BCUT2D eigenvalue weighted by atomic mass is 127. The van der Waals surface area contributed by atoms with E-state index < -0.39 is 77.8 Å². The molecule has 286 valence electrons. The fraction of sp³-hybridized carbons (Fsp3) is 0.784. The first-order valence-electron chi connectivity index (χ1n) is 17.8. The zero-order valence-electron chi connectivity index (χ0n) is 31.6. The molecule has 0 aliphatic carbocycles. The molecule has 1 aromatic carbocycles. The van der Waals surface area contributed by atoms with E-state index in [-0.39, 0.29) is 30.9 Å². The normalized spacial score (nSPS) is 41.6.